The van der Waals surface area contributed by atoms with Crippen LogP contribution in [-0.4, -0.2) is 10.9 Å². The van der Waals surface area contributed by atoms with Crippen LogP contribution in [0, 0.1) is 0 Å². The van der Waals surface area contributed by atoms with Gasteiger partial charge in [0.25, 0.3) is 0 Å². The molecule has 5 aromatic carbocycles. The molecule has 0 unspecified atom stereocenters. The minimum atomic E-state index is -0.247. The molecule has 6 rings (SSSR count). The van der Waals surface area contributed by atoms with Crippen LogP contribution in [0.3, 0.4) is 0 Å². The second-order valence-corrected chi connectivity index (χ2v) is 8.87. The Morgan fingerprint density at radius 1 is 0.816 bits per heavy atom. The normalized spacial score (nSPS) is 11.3. The summed E-state index contributed by atoms with van der Waals surface area (Å²) < 4.78 is 12.0. The lowest BCUT2D eigenvalue weighted by molar-refractivity contribution is -0.111. The minimum absolute atomic E-state index is 0.247. The van der Waals surface area contributed by atoms with E-state index in [9.17, 15) is 4.79 Å². The number of para-hydroxylation sites is 1. The summed E-state index contributed by atoms with van der Waals surface area (Å²) >= 11 is 0. The van der Waals surface area contributed by atoms with Crippen molar-refractivity contribution in [2.75, 3.05) is 5.32 Å². The number of aromatic nitrogens is 1. The van der Waals surface area contributed by atoms with Crippen molar-refractivity contribution in [2.24, 2.45) is 0 Å². The lowest BCUT2D eigenvalue weighted by Gasteiger charge is -2.07. The van der Waals surface area contributed by atoms with Crippen LogP contribution in [0.5, 0.6) is 5.75 Å². The fraction of sp³-hybridized carbons (Fsp3) is 0.0303. The number of nitrogens with zero attached hydrogens (tertiary/aromatic N) is 1. The number of anilines is 1. The number of amides is 1. The predicted octanol–water partition coefficient (Wildman–Crippen LogP) is 7.88. The van der Waals surface area contributed by atoms with E-state index in [1.54, 1.807) is 6.08 Å². The fourth-order valence-electron chi connectivity index (χ4n) is 4.31. The van der Waals surface area contributed by atoms with Gasteiger partial charge in [0, 0.05) is 11.5 Å². The number of nitrogens with one attached hydrogen (secondary N) is 1. The van der Waals surface area contributed by atoms with Crippen LogP contribution in [-0.2, 0) is 11.4 Å². The Balaban J connectivity index is 1.15. The zero-order chi connectivity index (χ0) is 25.7. The number of ether oxygens (including phenoxy) is 1. The van der Waals surface area contributed by atoms with Gasteiger partial charge in [-0.1, -0.05) is 84.9 Å². The molecule has 38 heavy (non-hydrogen) atoms. The molecular formula is C33H24N2O3. The number of oxazole rings is 1. The summed E-state index contributed by atoms with van der Waals surface area (Å²) in [6.07, 6.45) is 3.28. The van der Waals surface area contributed by atoms with Crippen LogP contribution in [0.4, 0.5) is 5.69 Å². The maximum atomic E-state index is 12.8. The number of carbonyl (C=O) groups is 1. The van der Waals surface area contributed by atoms with Crippen molar-refractivity contribution < 1.29 is 13.9 Å². The Hall–Kier alpha value is -5.16. The first-order valence-corrected chi connectivity index (χ1v) is 12.4. The van der Waals surface area contributed by atoms with Crippen LogP contribution >= 0.6 is 0 Å². The lowest BCUT2D eigenvalue weighted by Crippen LogP contribution is -2.08. The first-order valence-electron chi connectivity index (χ1n) is 12.4. The van der Waals surface area contributed by atoms with E-state index >= 15 is 0 Å². The molecule has 1 heterocycles. The fourth-order valence-corrected chi connectivity index (χ4v) is 4.31. The first-order chi connectivity index (χ1) is 18.7. The van der Waals surface area contributed by atoms with Gasteiger partial charge in [0.05, 0.1) is 11.3 Å². The zero-order valence-electron chi connectivity index (χ0n) is 20.5. The summed E-state index contributed by atoms with van der Waals surface area (Å²) in [5, 5.41) is 5.05. The number of fused-ring (bicyclic) bond motifs is 3. The van der Waals surface area contributed by atoms with Crippen molar-refractivity contribution in [1.82, 2.24) is 4.98 Å². The van der Waals surface area contributed by atoms with Gasteiger partial charge >= 0.3 is 0 Å². The molecule has 0 aliphatic heterocycles. The third kappa shape index (κ3) is 5.04. The van der Waals surface area contributed by atoms with Gasteiger partial charge in [0.15, 0.2) is 5.58 Å². The largest absolute Gasteiger partial charge is 0.489 e. The molecular weight excluding hydrogens is 472 g/mol. The molecule has 0 aliphatic carbocycles. The molecule has 6 aromatic rings. The molecule has 0 aliphatic rings. The Morgan fingerprint density at radius 3 is 2.45 bits per heavy atom. The van der Waals surface area contributed by atoms with Crippen molar-refractivity contribution in [2.45, 2.75) is 6.61 Å². The second kappa shape index (κ2) is 10.4. The minimum Gasteiger partial charge on any atom is -0.489 e. The number of benzene rings is 5. The van der Waals surface area contributed by atoms with E-state index in [0.717, 1.165) is 44.3 Å². The van der Waals surface area contributed by atoms with Crippen LogP contribution in [0.15, 0.2) is 126 Å². The van der Waals surface area contributed by atoms with E-state index in [0.29, 0.717) is 18.2 Å². The Bertz CT molecular complexity index is 1750. The Morgan fingerprint density at radius 2 is 1.58 bits per heavy atom. The zero-order valence-corrected chi connectivity index (χ0v) is 20.5. The van der Waals surface area contributed by atoms with Crippen LogP contribution in [0.25, 0.3) is 39.4 Å². The summed E-state index contributed by atoms with van der Waals surface area (Å²) in [6, 6.07) is 37.2. The van der Waals surface area contributed by atoms with Gasteiger partial charge in [0.1, 0.15) is 17.9 Å². The summed E-state index contributed by atoms with van der Waals surface area (Å²) in [7, 11) is 0. The summed E-state index contributed by atoms with van der Waals surface area (Å²) in [6.45, 7) is 0.508. The molecule has 1 amide bonds. The summed E-state index contributed by atoms with van der Waals surface area (Å²) in [5.74, 6) is 0.987. The average Bonchev–Trinajstić information content (AvgIpc) is 3.41. The molecule has 5 nitrogen and oxygen atoms in total. The number of hydrogen-bond donors (Lipinski definition) is 1. The molecule has 1 aromatic heterocycles. The topological polar surface area (TPSA) is 64.4 Å². The Labute approximate surface area is 220 Å². The molecule has 0 spiro atoms. The third-order valence-corrected chi connectivity index (χ3v) is 6.25. The van der Waals surface area contributed by atoms with Crippen LogP contribution in [0.2, 0.25) is 0 Å². The summed E-state index contributed by atoms with van der Waals surface area (Å²) in [5.41, 5.74) is 4.86. The van der Waals surface area contributed by atoms with Gasteiger partial charge in [0.2, 0.25) is 11.8 Å². The Kier molecular flexibility index (Phi) is 6.39. The summed E-state index contributed by atoms with van der Waals surface area (Å²) in [4.78, 5) is 17.5. The van der Waals surface area contributed by atoms with Crippen molar-refractivity contribution in [1.29, 1.82) is 0 Å². The maximum absolute atomic E-state index is 12.8. The van der Waals surface area contributed by atoms with Crippen LogP contribution < -0.4 is 10.1 Å². The molecule has 184 valence electrons. The van der Waals surface area contributed by atoms with E-state index in [1.165, 1.54) is 6.08 Å². The molecule has 0 saturated carbocycles. The van der Waals surface area contributed by atoms with E-state index in [2.05, 4.69) is 10.3 Å². The van der Waals surface area contributed by atoms with Gasteiger partial charge in [-0.2, -0.15) is 0 Å². The number of rotatable bonds is 7. The highest BCUT2D eigenvalue weighted by atomic mass is 16.5. The number of carbonyl (C=O) groups excluding carboxylic acids is 1. The SMILES string of the molecule is O=C(C=Cc1ccc(OCc2ccccc2)cc1)Nc1ccccc1-c1nc2ccc3ccccc3c2o1. The standard InChI is InChI=1S/C33H24N2O3/c36-31(21-16-23-14-18-26(19-15-23)37-22-24-8-2-1-3-9-24)34-29-13-7-6-12-28(29)33-35-30-20-17-25-10-4-5-11-27(25)32(30)38-33/h1-21H,22H2,(H,34,36). The smallest absolute Gasteiger partial charge is 0.248 e. The highest BCUT2D eigenvalue weighted by Crippen LogP contribution is 2.33. The predicted molar refractivity (Wildman–Crippen MR) is 152 cm³/mol. The van der Waals surface area contributed by atoms with Crippen molar-refractivity contribution >= 4 is 39.5 Å². The van der Waals surface area contributed by atoms with Gasteiger partial charge in [-0.15, -0.1) is 0 Å². The molecule has 0 saturated heterocycles. The number of hydrogen-bond acceptors (Lipinski definition) is 4. The first kappa shape index (κ1) is 23.3. The van der Waals surface area contributed by atoms with Crippen molar-refractivity contribution in [3.8, 4) is 17.2 Å². The molecule has 0 bridgehead atoms. The molecule has 5 heteroatoms. The molecule has 0 radical (unpaired) electrons. The average molecular weight is 497 g/mol. The maximum Gasteiger partial charge on any atom is 0.248 e. The third-order valence-electron chi connectivity index (χ3n) is 6.25. The van der Waals surface area contributed by atoms with Gasteiger partial charge < -0.3 is 14.5 Å². The molecule has 1 N–H and O–H groups in total. The monoisotopic (exact) mass is 496 g/mol. The quantitative estimate of drug-likeness (QED) is 0.228. The van der Waals surface area contributed by atoms with Crippen molar-refractivity contribution in [3.05, 3.63) is 132 Å². The van der Waals surface area contributed by atoms with Gasteiger partial charge in [-0.3, -0.25) is 4.79 Å². The highest BCUT2D eigenvalue weighted by Gasteiger charge is 2.15. The van der Waals surface area contributed by atoms with Gasteiger partial charge in [-0.25, -0.2) is 4.98 Å². The van der Waals surface area contributed by atoms with E-state index in [4.69, 9.17) is 9.15 Å². The lowest BCUT2D eigenvalue weighted by atomic mass is 10.1. The van der Waals surface area contributed by atoms with Gasteiger partial charge in [-0.05, 0) is 52.9 Å². The van der Waals surface area contributed by atoms with Crippen molar-refractivity contribution in [3.63, 3.8) is 0 Å². The van der Waals surface area contributed by atoms with Crippen LogP contribution in [0.1, 0.15) is 11.1 Å². The second-order valence-electron chi connectivity index (χ2n) is 8.87. The molecule has 0 atom stereocenters. The van der Waals surface area contributed by atoms with E-state index < -0.39 is 0 Å². The van der Waals surface area contributed by atoms with E-state index in [-0.39, 0.29) is 5.91 Å². The highest BCUT2D eigenvalue weighted by molar-refractivity contribution is 6.05. The molecule has 0 fully saturated rings. The van der Waals surface area contributed by atoms with E-state index in [1.807, 2.05) is 115 Å².